The zero-order chi connectivity index (χ0) is 13.2. The summed E-state index contributed by atoms with van der Waals surface area (Å²) >= 11 is 5.18. The Balaban J connectivity index is 2.09. The molecule has 3 aromatic rings. The van der Waals surface area contributed by atoms with Gasteiger partial charge in [-0.25, -0.2) is 0 Å². The van der Waals surface area contributed by atoms with Crippen molar-refractivity contribution in [2.24, 2.45) is 0 Å². The molecule has 0 unspecified atom stereocenters. The fourth-order valence-electron chi connectivity index (χ4n) is 1.91. The highest BCUT2D eigenvalue weighted by atomic mass is 79.9. The van der Waals surface area contributed by atoms with E-state index in [9.17, 15) is 0 Å². The zero-order valence-electron chi connectivity index (χ0n) is 10.0. The summed E-state index contributed by atoms with van der Waals surface area (Å²) in [6.45, 7) is 0. The third-order valence-corrected chi connectivity index (χ3v) is 4.32. The Morgan fingerprint density at radius 2 is 1.95 bits per heavy atom. The van der Waals surface area contributed by atoms with E-state index < -0.39 is 0 Å². The summed E-state index contributed by atoms with van der Waals surface area (Å²) in [7, 11) is 0. The van der Waals surface area contributed by atoms with Gasteiger partial charge in [-0.1, -0.05) is 33.8 Å². The highest BCUT2D eigenvalue weighted by Gasteiger charge is 2.06. The number of nitrogen functional groups attached to an aromatic ring is 1. The molecule has 0 saturated heterocycles. The lowest BCUT2D eigenvalue weighted by atomic mass is 10.2. The minimum absolute atomic E-state index is 0.765. The van der Waals surface area contributed by atoms with Crippen LogP contribution in [0.4, 0.5) is 5.69 Å². The molecule has 19 heavy (non-hydrogen) atoms. The maximum Gasteiger partial charge on any atom is 0.0861 e. The van der Waals surface area contributed by atoms with Gasteiger partial charge in [0.05, 0.1) is 5.52 Å². The second-order valence-corrected chi connectivity index (χ2v) is 6.14. The van der Waals surface area contributed by atoms with Crippen molar-refractivity contribution in [2.45, 2.75) is 9.79 Å². The van der Waals surface area contributed by atoms with Crippen LogP contribution in [0.3, 0.4) is 0 Å². The highest BCUT2D eigenvalue weighted by Crippen LogP contribution is 2.35. The van der Waals surface area contributed by atoms with Gasteiger partial charge >= 0.3 is 0 Å². The van der Waals surface area contributed by atoms with Gasteiger partial charge in [0.1, 0.15) is 0 Å². The van der Waals surface area contributed by atoms with Crippen LogP contribution in [-0.2, 0) is 0 Å². The normalized spacial score (nSPS) is 10.8. The molecule has 0 aliphatic rings. The second-order valence-electron chi connectivity index (χ2n) is 4.11. The molecule has 2 nitrogen and oxygen atoms in total. The standard InChI is InChI=1S/C15H11BrN2S/c16-10-3-1-4-11(9-10)19-14-7-6-13(17)12-5-2-8-18-15(12)14/h1-9H,17H2. The molecular formula is C15H11BrN2S. The van der Waals surface area contributed by atoms with Crippen molar-refractivity contribution < 1.29 is 0 Å². The number of fused-ring (bicyclic) bond motifs is 1. The maximum atomic E-state index is 5.99. The first-order valence-corrected chi connectivity index (χ1v) is 7.41. The molecule has 0 atom stereocenters. The van der Waals surface area contributed by atoms with E-state index in [1.165, 1.54) is 4.90 Å². The van der Waals surface area contributed by atoms with Gasteiger partial charge in [-0.3, -0.25) is 4.98 Å². The van der Waals surface area contributed by atoms with Gasteiger partial charge in [-0.15, -0.1) is 0 Å². The Hall–Kier alpha value is -1.52. The lowest BCUT2D eigenvalue weighted by Crippen LogP contribution is -1.90. The molecule has 94 valence electrons. The van der Waals surface area contributed by atoms with Crippen molar-refractivity contribution in [1.82, 2.24) is 4.98 Å². The van der Waals surface area contributed by atoms with Crippen molar-refractivity contribution in [3.63, 3.8) is 0 Å². The van der Waals surface area contributed by atoms with E-state index in [-0.39, 0.29) is 0 Å². The smallest absolute Gasteiger partial charge is 0.0861 e. The van der Waals surface area contributed by atoms with Crippen molar-refractivity contribution in [2.75, 3.05) is 5.73 Å². The SMILES string of the molecule is Nc1ccc(Sc2cccc(Br)c2)c2ncccc12. The third-order valence-electron chi connectivity index (χ3n) is 2.79. The molecule has 2 aromatic carbocycles. The van der Waals surface area contributed by atoms with Crippen LogP contribution in [0.1, 0.15) is 0 Å². The zero-order valence-corrected chi connectivity index (χ0v) is 12.4. The number of hydrogen-bond acceptors (Lipinski definition) is 3. The van der Waals surface area contributed by atoms with Gasteiger partial charge in [0.25, 0.3) is 0 Å². The van der Waals surface area contributed by atoms with Crippen LogP contribution in [-0.4, -0.2) is 4.98 Å². The number of nitrogens with zero attached hydrogens (tertiary/aromatic N) is 1. The lowest BCUT2D eigenvalue weighted by molar-refractivity contribution is 1.34. The Labute approximate surface area is 124 Å². The molecule has 1 heterocycles. The highest BCUT2D eigenvalue weighted by molar-refractivity contribution is 9.10. The number of anilines is 1. The van der Waals surface area contributed by atoms with Gasteiger partial charge in [0.2, 0.25) is 0 Å². The van der Waals surface area contributed by atoms with Crippen molar-refractivity contribution >= 4 is 44.3 Å². The summed E-state index contributed by atoms with van der Waals surface area (Å²) in [6, 6.07) is 16.1. The monoisotopic (exact) mass is 330 g/mol. The topological polar surface area (TPSA) is 38.9 Å². The average molecular weight is 331 g/mol. The number of halogens is 1. The molecule has 0 fully saturated rings. The summed E-state index contributed by atoms with van der Waals surface area (Å²) in [6.07, 6.45) is 1.80. The first-order chi connectivity index (χ1) is 9.24. The largest absolute Gasteiger partial charge is 0.398 e. The quantitative estimate of drug-likeness (QED) is 0.690. The number of hydrogen-bond donors (Lipinski definition) is 1. The predicted octanol–water partition coefficient (Wildman–Crippen LogP) is 4.73. The summed E-state index contributed by atoms with van der Waals surface area (Å²) in [5.74, 6) is 0. The van der Waals surface area contributed by atoms with Crippen molar-refractivity contribution in [3.05, 3.63) is 59.2 Å². The van der Waals surface area contributed by atoms with Crippen molar-refractivity contribution in [1.29, 1.82) is 0 Å². The van der Waals surface area contributed by atoms with Crippen LogP contribution in [0.25, 0.3) is 10.9 Å². The van der Waals surface area contributed by atoms with E-state index in [0.29, 0.717) is 0 Å². The average Bonchev–Trinajstić information content (AvgIpc) is 2.42. The van der Waals surface area contributed by atoms with Gasteiger partial charge in [0, 0.05) is 31.5 Å². The van der Waals surface area contributed by atoms with E-state index in [1.807, 2.05) is 36.4 Å². The summed E-state index contributed by atoms with van der Waals surface area (Å²) in [5, 5.41) is 1.00. The Kier molecular flexibility index (Phi) is 3.44. The van der Waals surface area contributed by atoms with Crippen LogP contribution < -0.4 is 5.73 Å². The van der Waals surface area contributed by atoms with Gasteiger partial charge in [-0.2, -0.15) is 0 Å². The molecule has 0 radical (unpaired) electrons. The van der Waals surface area contributed by atoms with E-state index in [1.54, 1.807) is 18.0 Å². The lowest BCUT2D eigenvalue weighted by Gasteiger charge is -2.07. The van der Waals surface area contributed by atoms with Crippen LogP contribution in [0.15, 0.2) is 69.0 Å². The van der Waals surface area contributed by atoms with Crippen LogP contribution in [0.2, 0.25) is 0 Å². The maximum absolute atomic E-state index is 5.99. The fourth-order valence-corrected chi connectivity index (χ4v) is 3.44. The molecule has 3 rings (SSSR count). The van der Waals surface area contributed by atoms with Crippen LogP contribution >= 0.6 is 27.7 Å². The summed E-state index contributed by atoms with van der Waals surface area (Å²) in [4.78, 5) is 6.73. The van der Waals surface area contributed by atoms with Gasteiger partial charge < -0.3 is 5.73 Å². The Morgan fingerprint density at radius 1 is 1.05 bits per heavy atom. The van der Waals surface area contributed by atoms with Crippen molar-refractivity contribution in [3.8, 4) is 0 Å². The molecular weight excluding hydrogens is 320 g/mol. The van der Waals surface area contributed by atoms with E-state index in [2.05, 4.69) is 33.0 Å². The molecule has 0 spiro atoms. The second kappa shape index (κ2) is 5.23. The molecule has 4 heteroatoms. The van der Waals surface area contributed by atoms with E-state index in [0.717, 1.165) is 26.0 Å². The molecule has 0 bridgehead atoms. The molecule has 0 amide bonds. The first-order valence-electron chi connectivity index (χ1n) is 5.81. The number of rotatable bonds is 2. The predicted molar refractivity (Wildman–Crippen MR) is 84.4 cm³/mol. The van der Waals surface area contributed by atoms with Crippen LogP contribution in [0, 0.1) is 0 Å². The number of pyridine rings is 1. The number of aromatic nitrogens is 1. The van der Waals surface area contributed by atoms with Gasteiger partial charge in [-0.05, 0) is 42.5 Å². The first kappa shape index (κ1) is 12.5. The molecule has 0 aliphatic carbocycles. The Bertz CT molecular complexity index is 743. The minimum atomic E-state index is 0.765. The molecule has 0 aliphatic heterocycles. The third kappa shape index (κ3) is 2.60. The summed E-state index contributed by atoms with van der Waals surface area (Å²) in [5.41, 5.74) is 7.70. The number of nitrogens with two attached hydrogens (primary N) is 1. The van der Waals surface area contributed by atoms with E-state index >= 15 is 0 Å². The molecule has 2 N–H and O–H groups in total. The summed E-state index contributed by atoms with van der Waals surface area (Å²) < 4.78 is 1.07. The fraction of sp³-hybridized carbons (Fsp3) is 0. The number of benzene rings is 2. The van der Waals surface area contributed by atoms with Gasteiger partial charge in [0.15, 0.2) is 0 Å². The van der Waals surface area contributed by atoms with E-state index in [4.69, 9.17) is 5.73 Å². The van der Waals surface area contributed by atoms with Crippen LogP contribution in [0.5, 0.6) is 0 Å². The molecule has 0 saturated carbocycles. The minimum Gasteiger partial charge on any atom is -0.398 e. The molecule has 1 aromatic heterocycles. The Morgan fingerprint density at radius 3 is 2.79 bits per heavy atom.